The number of aromatic nitrogens is 5. The zero-order valence-electron chi connectivity index (χ0n) is 16.2. The molecule has 0 atom stereocenters. The van der Waals surface area contributed by atoms with Gasteiger partial charge in [0, 0.05) is 35.5 Å². The lowest BCUT2D eigenvalue weighted by molar-refractivity contribution is 0.112. The minimum absolute atomic E-state index is 0.0367. The number of aliphatic hydroxyl groups is 1. The number of hydrogen-bond donors (Lipinski definition) is 1. The maximum atomic E-state index is 12.2. The largest absolute Gasteiger partial charge is 0.396 e. The molecule has 30 heavy (non-hydrogen) atoms. The van der Waals surface area contributed by atoms with Crippen molar-refractivity contribution in [2.45, 2.75) is 30.5 Å². The Balaban J connectivity index is 1.64. The van der Waals surface area contributed by atoms with Gasteiger partial charge in [-0.25, -0.2) is 13.4 Å². The first-order valence-corrected chi connectivity index (χ1v) is 11.9. The zero-order chi connectivity index (χ0) is 21.0. The van der Waals surface area contributed by atoms with Crippen LogP contribution in [0.3, 0.4) is 0 Å². The van der Waals surface area contributed by atoms with E-state index in [1.807, 2.05) is 18.2 Å². The van der Waals surface area contributed by atoms with Crippen LogP contribution in [0.25, 0.3) is 21.9 Å². The average molecular weight is 446 g/mol. The maximum Gasteiger partial charge on any atom is 0.195 e. The standard InChI is InChI=1S/C20H20ClN5O3S/c1-30(28,29)20-15-4-5-22-9-18(15)25(24-20)10-19-23-16-8-13(21)2-3-17(16)26(19)14-6-12(7-14)11-27/h2-5,8-9,12,14,27H,6-7,10-11H2,1H3/t12-,14-. The fraction of sp³-hybridized carbons (Fsp3) is 0.350. The molecule has 1 aliphatic rings. The molecule has 1 saturated carbocycles. The maximum absolute atomic E-state index is 12.2. The molecule has 156 valence electrons. The summed E-state index contributed by atoms with van der Waals surface area (Å²) < 4.78 is 28.3. The van der Waals surface area contributed by atoms with Crippen molar-refractivity contribution in [3.8, 4) is 0 Å². The Kier molecular flexibility index (Phi) is 4.57. The second-order valence-corrected chi connectivity index (χ2v) is 10.2. The third-order valence-electron chi connectivity index (χ3n) is 5.72. The molecular weight excluding hydrogens is 426 g/mol. The zero-order valence-corrected chi connectivity index (χ0v) is 17.8. The number of rotatable bonds is 5. The van der Waals surface area contributed by atoms with Crippen molar-refractivity contribution < 1.29 is 13.5 Å². The van der Waals surface area contributed by atoms with E-state index >= 15 is 0 Å². The molecule has 0 saturated heterocycles. The number of sulfone groups is 1. The summed E-state index contributed by atoms with van der Waals surface area (Å²) in [5, 5.41) is 15.0. The Morgan fingerprint density at radius 1 is 1.23 bits per heavy atom. The monoisotopic (exact) mass is 445 g/mol. The summed E-state index contributed by atoms with van der Waals surface area (Å²) in [4.78, 5) is 8.93. The van der Waals surface area contributed by atoms with Gasteiger partial charge in [-0.05, 0) is 43.0 Å². The normalized spacial score (nSPS) is 19.4. The molecule has 0 amide bonds. The van der Waals surface area contributed by atoms with Crippen LogP contribution >= 0.6 is 11.6 Å². The molecule has 0 radical (unpaired) electrons. The van der Waals surface area contributed by atoms with Crippen LogP contribution in [-0.2, 0) is 16.4 Å². The third kappa shape index (κ3) is 3.17. The number of imidazole rings is 1. The van der Waals surface area contributed by atoms with Crippen molar-refractivity contribution in [2.24, 2.45) is 5.92 Å². The van der Waals surface area contributed by atoms with Gasteiger partial charge in [0.1, 0.15) is 5.82 Å². The number of nitrogens with zero attached hydrogens (tertiary/aromatic N) is 5. The van der Waals surface area contributed by atoms with Crippen molar-refractivity contribution >= 4 is 43.4 Å². The lowest BCUT2D eigenvalue weighted by Crippen LogP contribution is -2.30. The second-order valence-electron chi connectivity index (χ2n) is 7.83. The quantitative estimate of drug-likeness (QED) is 0.506. The first kappa shape index (κ1) is 19.5. The number of benzene rings is 1. The van der Waals surface area contributed by atoms with Gasteiger partial charge in [-0.2, -0.15) is 5.10 Å². The smallest absolute Gasteiger partial charge is 0.195 e. The molecule has 0 spiro atoms. The predicted molar refractivity (Wildman–Crippen MR) is 113 cm³/mol. The number of halogens is 1. The van der Waals surface area contributed by atoms with E-state index in [1.54, 1.807) is 23.1 Å². The average Bonchev–Trinajstić information content (AvgIpc) is 3.20. The van der Waals surface area contributed by atoms with E-state index in [0.717, 1.165) is 36.0 Å². The molecule has 8 nitrogen and oxygen atoms in total. The fourth-order valence-corrected chi connectivity index (χ4v) is 5.20. The fourth-order valence-electron chi connectivity index (χ4n) is 4.22. The molecule has 0 bridgehead atoms. The van der Waals surface area contributed by atoms with E-state index in [-0.39, 0.29) is 17.7 Å². The topological polar surface area (TPSA) is 103 Å². The third-order valence-corrected chi connectivity index (χ3v) is 6.96. The number of aliphatic hydroxyl groups excluding tert-OH is 1. The van der Waals surface area contributed by atoms with Crippen LogP contribution in [0.4, 0.5) is 0 Å². The minimum atomic E-state index is -3.49. The molecule has 1 aromatic carbocycles. The van der Waals surface area contributed by atoms with Gasteiger partial charge in [0.2, 0.25) is 0 Å². The van der Waals surface area contributed by atoms with Crippen LogP contribution in [-0.4, -0.2) is 50.7 Å². The first-order valence-electron chi connectivity index (χ1n) is 9.63. The molecule has 0 unspecified atom stereocenters. The molecule has 1 fully saturated rings. The van der Waals surface area contributed by atoms with Gasteiger partial charge in [0.25, 0.3) is 0 Å². The van der Waals surface area contributed by atoms with Crippen LogP contribution in [0.15, 0.2) is 41.7 Å². The Morgan fingerprint density at radius 3 is 2.77 bits per heavy atom. The molecule has 0 aliphatic heterocycles. The second kappa shape index (κ2) is 7.04. The van der Waals surface area contributed by atoms with E-state index in [1.165, 1.54) is 0 Å². The minimum Gasteiger partial charge on any atom is -0.396 e. The number of hydrogen-bond acceptors (Lipinski definition) is 6. The molecular formula is C20H20ClN5O3S. The summed E-state index contributed by atoms with van der Waals surface area (Å²) in [5.74, 6) is 1.06. The highest BCUT2D eigenvalue weighted by Crippen LogP contribution is 2.40. The van der Waals surface area contributed by atoms with E-state index in [9.17, 15) is 13.5 Å². The van der Waals surface area contributed by atoms with E-state index < -0.39 is 9.84 Å². The van der Waals surface area contributed by atoms with Gasteiger partial charge in [-0.3, -0.25) is 9.67 Å². The summed E-state index contributed by atoms with van der Waals surface area (Å²) in [6, 6.07) is 7.49. The van der Waals surface area contributed by atoms with Crippen molar-refractivity contribution in [3.63, 3.8) is 0 Å². The summed E-state index contributed by atoms with van der Waals surface area (Å²) in [6.45, 7) is 0.474. The Labute approximate surface area is 178 Å². The molecule has 3 heterocycles. The van der Waals surface area contributed by atoms with E-state index in [2.05, 4.69) is 14.6 Å². The highest BCUT2D eigenvalue weighted by atomic mass is 35.5. The Bertz CT molecular complexity index is 1370. The molecule has 4 aromatic rings. The van der Waals surface area contributed by atoms with E-state index in [0.29, 0.717) is 28.4 Å². The van der Waals surface area contributed by atoms with Crippen LogP contribution in [0.2, 0.25) is 5.02 Å². The van der Waals surface area contributed by atoms with Gasteiger partial charge in [0.05, 0.1) is 29.3 Å². The Hall–Kier alpha value is -2.49. The predicted octanol–water partition coefficient (Wildman–Crippen LogP) is 2.83. The molecule has 5 rings (SSSR count). The van der Waals surface area contributed by atoms with Gasteiger partial charge >= 0.3 is 0 Å². The lowest BCUT2D eigenvalue weighted by atomic mass is 9.80. The SMILES string of the molecule is CS(=O)(=O)c1nn(Cc2nc3cc(Cl)ccc3n2[C@H]2C[C@H](CO)C2)c2cnccc12. The first-order chi connectivity index (χ1) is 14.3. The molecule has 1 N–H and O–H groups in total. The van der Waals surface area contributed by atoms with Crippen molar-refractivity contribution in [3.05, 3.63) is 47.5 Å². The van der Waals surface area contributed by atoms with E-state index in [4.69, 9.17) is 16.6 Å². The molecule has 3 aromatic heterocycles. The van der Waals surface area contributed by atoms with Crippen LogP contribution in [0, 0.1) is 5.92 Å². The summed E-state index contributed by atoms with van der Waals surface area (Å²) in [7, 11) is -3.49. The lowest BCUT2D eigenvalue weighted by Gasteiger charge is -2.36. The van der Waals surface area contributed by atoms with Gasteiger partial charge in [-0.1, -0.05) is 11.6 Å². The molecule has 1 aliphatic carbocycles. The van der Waals surface area contributed by atoms with Crippen LogP contribution in [0.1, 0.15) is 24.7 Å². The summed E-state index contributed by atoms with van der Waals surface area (Å²) in [6.07, 6.45) is 6.07. The molecule has 10 heteroatoms. The van der Waals surface area contributed by atoms with Crippen molar-refractivity contribution in [1.29, 1.82) is 0 Å². The van der Waals surface area contributed by atoms with Crippen molar-refractivity contribution in [2.75, 3.05) is 12.9 Å². The number of pyridine rings is 1. The summed E-state index contributed by atoms with van der Waals surface area (Å²) >= 11 is 6.17. The highest BCUT2D eigenvalue weighted by Gasteiger charge is 2.33. The Morgan fingerprint density at radius 2 is 2.03 bits per heavy atom. The van der Waals surface area contributed by atoms with Crippen LogP contribution < -0.4 is 0 Å². The van der Waals surface area contributed by atoms with Crippen LogP contribution in [0.5, 0.6) is 0 Å². The van der Waals surface area contributed by atoms with Gasteiger partial charge in [-0.15, -0.1) is 0 Å². The van der Waals surface area contributed by atoms with Gasteiger partial charge in [0.15, 0.2) is 14.9 Å². The van der Waals surface area contributed by atoms with Crippen molar-refractivity contribution in [1.82, 2.24) is 24.3 Å². The summed E-state index contributed by atoms with van der Waals surface area (Å²) in [5.41, 5.74) is 2.38. The number of fused-ring (bicyclic) bond motifs is 2. The van der Waals surface area contributed by atoms with Gasteiger partial charge < -0.3 is 9.67 Å². The highest BCUT2D eigenvalue weighted by molar-refractivity contribution is 7.90.